The van der Waals surface area contributed by atoms with Gasteiger partial charge in [-0.05, 0) is 73.5 Å². The minimum absolute atomic E-state index is 0.283. The summed E-state index contributed by atoms with van der Waals surface area (Å²) in [6.07, 6.45) is 9.52. The second kappa shape index (κ2) is 7.02. The SMILES string of the molecule is O=C1C(=O)N(C23CC4CC(CC(C4)C2)C3)C(=O)N1C[NH+]1CC=C(c2ccccc2)CC1. The van der Waals surface area contributed by atoms with E-state index in [9.17, 15) is 14.4 Å². The lowest BCUT2D eigenvalue weighted by atomic mass is 9.52. The maximum atomic E-state index is 13.4. The number of nitrogens with zero attached hydrogens (tertiary/aromatic N) is 2. The van der Waals surface area contributed by atoms with Crippen LogP contribution >= 0.6 is 0 Å². The third-order valence-corrected chi connectivity index (χ3v) is 8.44. The zero-order valence-corrected chi connectivity index (χ0v) is 17.9. The van der Waals surface area contributed by atoms with Gasteiger partial charge in [-0.15, -0.1) is 0 Å². The number of rotatable bonds is 4. The van der Waals surface area contributed by atoms with Crippen LogP contribution in [0.3, 0.4) is 0 Å². The molecule has 1 unspecified atom stereocenters. The van der Waals surface area contributed by atoms with Crippen molar-refractivity contribution in [2.24, 2.45) is 17.8 Å². The van der Waals surface area contributed by atoms with Crippen LogP contribution in [0.1, 0.15) is 50.5 Å². The topological polar surface area (TPSA) is 62.1 Å². The summed E-state index contributed by atoms with van der Waals surface area (Å²) in [4.78, 5) is 43.1. The number of amides is 4. The zero-order chi connectivity index (χ0) is 21.2. The highest BCUT2D eigenvalue weighted by Crippen LogP contribution is 2.58. The van der Waals surface area contributed by atoms with E-state index in [1.807, 2.05) is 18.2 Å². The van der Waals surface area contributed by atoms with Crippen LogP contribution in [0.25, 0.3) is 5.57 Å². The third-order valence-electron chi connectivity index (χ3n) is 8.44. The van der Waals surface area contributed by atoms with E-state index in [0.717, 1.165) is 43.7 Å². The lowest BCUT2D eigenvalue weighted by molar-refractivity contribution is -0.902. The molecule has 1 saturated heterocycles. The Morgan fingerprint density at radius 3 is 2.13 bits per heavy atom. The molecule has 1 aromatic carbocycles. The Bertz CT molecular complexity index is 934. The average Bonchev–Trinajstić information content (AvgIpc) is 2.97. The fourth-order valence-electron chi connectivity index (χ4n) is 7.47. The number of benzene rings is 1. The molecule has 2 aliphatic heterocycles. The smallest absolute Gasteiger partial charge is 0.314 e. The van der Waals surface area contributed by atoms with Crippen molar-refractivity contribution in [3.05, 3.63) is 42.0 Å². The summed E-state index contributed by atoms with van der Waals surface area (Å²) >= 11 is 0. The summed E-state index contributed by atoms with van der Waals surface area (Å²) in [6, 6.07) is 9.98. The Hall–Kier alpha value is -2.47. The number of imide groups is 2. The first-order chi connectivity index (χ1) is 15.0. The van der Waals surface area contributed by atoms with Crippen LogP contribution < -0.4 is 4.90 Å². The summed E-state index contributed by atoms with van der Waals surface area (Å²) < 4.78 is 0. The van der Waals surface area contributed by atoms with E-state index >= 15 is 0 Å². The minimum atomic E-state index is -0.619. The normalized spacial score (nSPS) is 37.0. The van der Waals surface area contributed by atoms with Crippen LogP contribution in [-0.4, -0.2) is 52.9 Å². The number of quaternary nitrogens is 1. The van der Waals surface area contributed by atoms with E-state index in [-0.39, 0.29) is 12.7 Å². The molecule has 1 atom stereocenters. The number of nitrogens with one attached hydrogen (secondary N) is 1. The first-order valence-corrected chi connectivity index (χ1v) is 11.8. The zero-order valence-electron chi connectivity index (χ0n) is 17.9. The average molecular weight is 421 g/mol. The molecular weight excluding hydrogens is 390 g/mol. The Morgan fingerprint density at radius 2 is 1.55 bits per heavy atom. The number of hydrogen-bond donors (Lipinski definition) is 1. The molecule has 2 heterocycles. The molecule has 4 bridgehead atoms. The monoisotopic (exact) mass is 420 g/mol. The van der Waals surface area contributed by atoms with Crippen molar-refractivity contribution in [2.45, 2.75) is 50.5 Å². The Kier molecular flexibility index (Phi) is 4.36. The van der Waals surface area contributed by atoms with E-state index in [0.29, 0.717) is 17.8 Å². The van der Waals surface area contributed by atoms with Crippen molar-refractivity contribution >= 4 is 23.4 Å². The van der Waals surface area contributed by atoms with Gasteiger partial charge in [0, 0.05) is 6.42 Å². The van der Waals surface area contributed by atoms with Crippen molar-refractivity contribution in [2.75, 3.05) is 19.8 Å². The van der Waals surface area contributed by atoms with Crippen molar-refractivity contribution in [3.63, 3.8) is 0 Å². The summed E-state index contributed by atoms with van der Waals surface area (Å²) in [6.45, 7) is 1.89. The maximum absolute atomic E-state index is 13.4. The summed E-state index contributed by atoms with van der Waals surface area (Å²) in [5.41, 5.74) is 2.15. The minimum Gasteiger partial charge on any atom is -0.314 e. The highest BCUT2D eigenvalue weighted by Gasteiger charge is 2.61. The number of carbonyl (C=O) groups excluding carboxylic acids is 3. The molecule has 4 aliphatic carbocycles. The first kappa shape index (κ1) is 19.2. The van der Waals surface area contributed by atoms with E-state index in [1.54, 1.807) is 0 Å². The van der Waals surface area contributed by atoms with Crippen LogP contribution in [-0.2, 0) is 9.59 Å². The van der Waals surface area contributed by atoms with Gasteiger partial charge in [-0.25, -0.2) is 14.6 Å². The molecule has 4 saturated carbocycles. The molecule has 162 valence electrons. The van der Waals surface area contributed by atoms with Gasteiger partial charge in [0.05, 0.1) is 18.6 Å². The number of urea groups is 1. The lowest BCUT2D eigenvalue weighted by Crippen LogP contribution is -3.14. The second-order valence-electron chi connectivity index (χ2n) is 10.5. The van der Waals surface area contributed by atoms with Crippen molar-refractivity contribution in [3.8, 4) is 0 Å². The fraction of sp³-hybridized carbons (Fsp3) is 0.560. The van der Waals surface area contributed by atoms with Gasteiger partial charge in [0.15, 0.2) is 6.67 Å². The summed E-state index contributed by atoms with van der Waals surface area (Å²) in [7, 11) is 0. The molecule has 0 spiro atoms. The van der Waals surface area contributed by atoms with Gasteiger partial charge in [-0.2, -0.15) is 0 Å². The van der Waals surface area contributed by atoms with Crippen LogP contribution in [0, 0.1) is 17.8 Å². The Labute approximate surface area is 182 Å². The quantitative estimate of drug-likeness (QED) is 0.599. The van der Waals surface area contributed by atoms with Gasteiger partial charge >= 0.3 is 17.8 Å². The van der Waals surface area contributed by atoms with Crippen molar-refractivity contribution in [1.82, 2.24) is 9.80 Å². The van der Waals surface area contributed by atoms with Crippen LogP contribution in [0.2, 0.25) is 0 Å². The summed E-state index contributed by atoms with van der Waals surface area (Å²) in [5.74, 6) is 0.649. The molecule has 6 nitrogen and oxygen atoms in total. The molecule has 6 heteroatoms. The number of carbonyl (C=O) groups is 3. The molecule has 0 radical (unpaired) electrons. The highest BCUT2D eigenvalue weighted by atomic mass is 16.2. The molecule has 5 fully saturated rings. The molecule has 1 aromatic rings. The first-order valence-electron chi connectivity index (χ1n) is 11.8. The molecule has 4 amide bonds. The van der Waals surface area contributed by atoms with Gasteiger partial charge in [0.25, 0.3) is 0 Å². The predicted octanol–water partition coefficient (Wildman–Crippen LogP) is 2.08. The largest absolute Gasteiger partial charge is 0.339 e. The highest BCUT2D eigenvalue weighted by molar-refractivity contribution is 6.44. The summed E-state index contributed by atoms with van der Waals surface area (Å²) in [5, 5.41) is 0. The Balaban J connectivity index is 1.18. The molecule has 1 N–H and O–H groups in total. The third kappa shape index (κ3) is 3.06. The van der Waals surface area contributed by atoms with Gasteiger partial charge in [0.2, 0.25) is 0 Å². The van der Waals surface area contributed by atoms with Crippen LogP contribution in [0.4, 0.5) is 4.79 Å². The molecule has 31 heavy (non-hydrogen) atoms. The maximum Gasteiger partial charge on any atom is 0.339 e. The van der Waals surface area contributed by atoms with E-state index in [4.69, 9.17) is 0 Å². The van der Waals surface area contributed by atoms with E-state index < -0.39 is 17.4 Å². The standard InChI is InChI=1S/C25H29N3O3/c29-22-23(30)28(25-13-17-10-18(14-25)12-19(11-17)15-25)24(31)27(22)16-26-8-6-21(7-9-26)20-4-2-1-3-5-20/h1-6,17-19H,7-16H2/p+1. The van der Waals surface area contributed by atoms with Crippen LogP contribution in [0.15, 0.2) is 36.4 Å². The fourth-order valence-corrected chi connectivity index (χ4v) is 7.47. The van der Waals surface area contributed by atoms with Crippen molar-refractivity contribution in [1.29, 1.82) is 0 Å². The van der Waals surface area contributed by atoms with Crippen LogP contribution in [0.5, 0.6) is 0 Å². The second-order valence-corrected chi connectivity index (χ2v) is 10.5. The van der Waals surface area contributed by atoms with Gasteiger partial charge in [-0.1, -0.05) is 30.3 Å². The van der Waals surface area contributed by atoms with E-state index in [2.05, 4.69) is 18.2 Å². The van der Waals surface area contributed by atoms with Gasteiger partial charge < -0.3 is 4.90 Å². The Morgan fingerprint density at radius 1 is 0.903 bits per heavy atom. The predicted molar refractivity (Wildman–Crippen MR) is 115 cm³/mol. The molecular formula is C25H30N3O3+. The molecule has 6 aliphatic rings. The van der Waals surface area contributed by atoms with Gasteiger partial charge in [-0.3, -0.25) is 9.59 Å². The van der Waals surface area contributed by atoms with Crippen molar-refractivity contribution < 1.29 is 19.3 Å². The van der Waals surface area contributed by atoms with E-state index in [1.165, 1.54) is 40.2 Å². The molecule has 7 rings (SSSR count). The number of hydrogen-bond acceptors (Lipinski definition) is 3. The van der Waals surface area contributed by atoms with Gasteiger partial charge in [0.1, 0.15) is 0 Å². The lowest BCUT2D eigenvalue weighted by Gasteiger charge is -2.58. The molecule has 0 aromatic heterocycles.